The predicted molar refractivity (Wildman–Crippen MR) is 57.3 cm³/mol. The molecule has 0 heterocycles. The second-order valence-electron chi connectivity index (χ2n) is 2.10. The molecule has 0 aliphatic heterocycles. The minimum atomic E-state index is -0.112. The molecule has 1 unspecified atom stereocenters. The van der Waals surface area contributed by atoms with Crippen LogP contribution in [0.15, 0.2) is 4.99 Å². The monoisotopic (exact) mass is 299 g/mol. The first-order valence-corrected chi connectivity index (χ1v) is 5.04. The van der Waals surface area contributed by atoms with E-state index in [1.807, 2.05) is 6.92 Å². The summed E-state index contributed by atoms with van der Waals surface area (Å²) in [6, 6.07) is -0.112. The zero-order valence-electron chi connectivity index (χ0n) is 6.64. The second-order valence-corrected chi connectivity index (χ2v) is 3.65. The summed E-state index contributed by atoms with van der Waals surface area (Å²) < 4.78 is 0.580. The number of nitrogens with zero attached hydrogens (tertiary/aromatic N) is 1. The van der Waals surface area contributed by atoms with Crippen molar-refractivity contribution in [2.24, 2.45) is 4.99 Å². The maximum absolute atomic E-state index is 8.79. The van der Waals surface area contributed by atoms with Crippen molar-refractivity contribution in [1.82, 2.24) is 5.32 Å². The van der Waals surface area contributed by atoms with E-state index in [2.05, 4.69) is 42.2 Å². The van der Waals surface area contributed by atoms with Gasteiger partial charge in [-0.1, -0.05) is 6.92 Å². The lowest BCUT2D eigenvalue weighted by Crippen LogP contribution is -2.23. The van der Waals surface area contributed by atoms with Crippen molar-refractivity contribution in [3.63, 3.8) is 0 Å². The topological polar surface area (TPSA) is 68.5 Å². The Balaban J connectivity index is 4.03. The lowest BCUT2D eigenvalue weighted by molar-refractivity contribution is 0.264. The molecule has 0 bridgehead atoms. The number of amidine groups is 2. The standard InChI is InChI=1S/C6H11Br2N3O/c1-2-4(3-12)10-6(8)11-5(7)9/h4,12H,2-3H2,1H3,(H2,9,10,11). The van der Waals surface area contributed by atoms with Gasteiger partial charge in [0, 0.05) is 0 Å². The van der Waals surface area contributed by atoms with Gasteiger partial charge in [-0.25, -0.2) is 0 Å². The quantitative estimate of drug-likeness (QED) is 0.419. The summed E-state index contributed by atoms with van der Waals surface area (Å²) in [5.74, 6) is 0. The van der Waals surface area contributed by atoms with Crippen LogP contribution in [0, 0.1) is 5.41 Å². The summed E-state index contributed by atoms with van der Waals surface area (Å²) in [6.07, 6.45) is 0.767. The summed E-state index contributed by atoms with van der Waals surface area (Å²) in [5.41, 5.74) is 0. The molecular weight excluding hydrogens is 290 g/mol. The number of aliphatic hydroxyl groups excluding tert-OH is 1. The Labute approximate surface area is 88.2 Å². The van der Waals surface area contributed by atoms with Crippen molar-refractivity contribution >= 4 is 41.3 Å². The Kier molecular flexibility index (Phi) is 6.60. The van der Waals surface area contributed by atoms with Gasteiger partial charge in [0.2, 0.25) is 0 Å². The Morgan fingerprint density at radius 1 is 1.67 bits per heavy atom. The zero-order valence-corrected chi connectivity index (χ0v) is 9.81. The summed E-state index contributed by atoms with van der Waals surface area (Å²) in [4.78, 5) is 4.06. The number of halogens is 2. The van der Waals surface area contributed by atoms with Crippen LogP contribution in [0.25, 0.3) is 0 Å². The lowest BCUT2D eigenvalue weighted by Gasteiger charge is -2.06. The normalized spacial score (nSPS) is 14.2. The molecule has 12 heavy (non-hydrogen) atoms. The summed E-state index contributed by atoms with van der Waals surface area (Å²) >= 11 is 6.03. The number of rotatable bonds is 3. The number of hydrogen-bond donors (Lipinski definition) is 3. The molecule has 0 rings (SSSR count). The van der Waals surface area contributed by atoms with E-state index >= 15 is 0 Å². The molecule has 0 aromatic rings. The van der Waals surface area contributed by atoms with Crippen molar-refractivity contribution < 1.29 is 5.11 Å². The van der Waals surface area contributed by atoms with Crippen LogP contribution in [0.2, 0.25) is 0 Å². The Morgan fingerprint density at radius 2 is 2.25 bits per heavy atom. The van der Waals surface area contributed by atoms with E-state index in [1.54, 1.807) is 0 Å². The molecule has 3 N–H and O–H groups in total. The first kappa shape index (κ1) is 12.1. The largest absolute Gasteiger partial charge is 0.394 e. The molecule has 0 aromatic heterocycles. The first-order valence-electron chi connectivity index (χ1n) is 3.45. The van der Waals surface area contributed by atoms with Gasteiger partial charge in [-0.2, -0.15) is 0 Å². The molecule has 0 radical (unpaired) electrons. The van der Waals surface area contributed by atoms with E-state index in [9.17, 15) is 0 Å². The van der Waals surface area contributed by atoms with Crippen LogP contribution < -0.4 is 5.32 Å². The van der Waals surface area contributed by atoms with Crippen LogP contribution in [0.4, 0.5) is 0 Å². The molecule has 0 aliphatic rings. The highest BCUT2D eigenvalue weighted by Gasteiger charge is 2.03. The smallest absolute Gasteiger partial charge is 0.172 e. The first-order chi connectivity index (χ1) is 5.60. The summed E-state index contributed by atoms with van der Waals surface area (Å²) in [5, 5.41) is 18.4. The minimum Gasteiger partial charge on any atom is -0.394 e. The maximum Gasteiger partial charge on any atom is 0.172 e. The van der Waals surface area contributed by atoms with E-state index in [-0.39, 0.29) is 17.4 Å². The van der Waals surface area contributed by atoms with Crippen molar-refractivity contribution in [2.45, 2.75) is 19.4 Å². The van der Waals surface area contributed by atoms with Gasteiger partial charge in [0.15, 0.2) is 9.49 Å². The van der Waals surface area contributed by atoms with E-state index in [0.29, 0.717) is 4.74 Å². The maximum atomic E-state index is 8.79. The van der Waals surface area contributed by atoms with E-state index in [1.165, 1.54) is 0 Å². The fraction of sp³-hybridized carbons (Fsp3) is 0.667. The van der Waals surface area contributed by atoms with Gasteiger partial charge in [0.1, 0.15) is 0 Å². The summed E-state index contributed by atoms with van der Waals surface area (Å²) in [6.45, 7) is 1.95. The molecule has 0 spiro atoms. The fourth-order valence-corrected chi connectivity index (χ4v) is 1.49. The van der Waals surface area contributed by atoms with Crippen LogP contribution in [0.5, 0.6) is 0 Å². The molecule has 0 fully saturated rings. The van der Waals surface area contributed by atoms with E-state index in [4.69, 9.17) is 10.5 Å². The number of aliphatic hydroxyl groups is 1. The molecule has 0 saturated heterocycles. The van der Waals surface area contributed by atoms with Crippen LogP contribution in [-0.2, 0) is 0 Å². The van der Waals surface area contributed by atoms with Crippen LogP contribution in [0.3, 0.4) is 0 Å². The zero-order chi connectivity index (χ0) is 9.56. The third-order valence-electron chi connectivity index (χ3n) is 1.19. The minimum absolute atomic E-state index is 0.0168. The average Bonchev–Trinajstić information content (AvgIpc) is 1.98. The highest BCUT2D eigenvalue weighted by molar-refractivity contribution is 9.19. The Morgan fingerprint density at radius 3 is 2.58 bits per heavy atom. The van der Waals surface area contributed by atoms with Gasteiger partial charge in [-0.15, -0.1) is 0 Å². The fourth-order valence-electron chi connectivity index (χ4n) is 0.544. The highest BCUT2D eigenvalue weighted by atomic mass is 79.9. The van der Waals surface area contributed by atoms with Gasteiger partial charge in [0.05, 0.1) is 12.6 Å². The number of hydrogen-bond acceptors (Lipinski definition) is 3. The molecule has 1 atom stereocenters. The van der Waals surface area contributed by atoms with E-state index in [0.717, 1.165) is 6.42 Å². The molecule has 0 aliphatic carbocycles. The van der Waals surface area contributed by atoms with Crippen LogP contribution >= 0.6 is 31.9 Å². The lowest BCUT2D eigenvalue weighted by atomic mass is 10.3. The van der Waals surface area contributed by atoms with Crippen molar-refractivity contribution in [2.75, 3.05) is 6.61 Å². The third kappa shape index (κ3) is 5.68. The number of nitrogens with one attached hydrogen (secondary N) is 2. The van der Waals surface area contributed by atoms with Crippen LogP contribution in [0.1, 0.15) is 13.3 Å². The van der Waals surface area contributed by atoms with Crippen molar-refractivity contribution in [3.8, 4) is 0 Å². The molecular formula is C6H11Br2N3O. The SMILES string of the molecule is CCC(CO)N=C(Br)NC(=N)Br. The molecule has 6 heteroatoms. The molecule has 70 valence electrons. The van der Waals surface area contributed by atoms with Crippen molar-refractivity contribution in [1.29, 1.82) is 5.41 Å². The Hall–Kier alpha value is 0.0600. The molecule has 0 aromatic carbocycles. The van der Waals surface area contributed by atoms with Gasteiger partial charge in [0.25, 0.3) is 0 Å². The van der Waals surface area contributed by atoms with E-state index < -0.39 is 0 Å². The predicted octanol–water partition coefficient (Wildman–Crippen LogP) is 1.43. The molecule has 4 nitrogen and oxygen atoms in total. The van der Waals surface area contributed by atoms with Gasteiger partial charge in [-0.3, -0.25) is 10.4 Å². The number of aliphatic imine (C=N–C) groups is 1. The average molecular weight is 301 g/mol. The third-order valence-corrected chi connectivity index (χ3v) is 1.79. The summed E-state index contributed by atoms with van der Waals surface area (Å²) in [7, 11) is 0. The Bertz CT molecular complexity index is 180. The van der Waals surface area contributed by atoms with Crippen LogP contribution in [-0.4, -0.2) is 27.2 Å². The van der Waals surface area contributed by atoms with Crippen molar-refractivity contribution in [3.05, 3.63) is 0 Å². The highest BCUT2D eigenvalue weighted by Crippen LogP contribution is 1.99. The van der Waals surface area contributed by atoms with Gasteiger partial charge < -0.3 is 10.4 Å². The van der Waals surface area contributed by atoms with Gasteiger partial charge >= 0.3 is 0 Å². The second kappa shape index (κ2) is 6.56. The molecule has 0 saturated carbocycles. The van der Waals surface area contributed by atoms with Gasteiger partial charge in [-0.05, 0) is 38.3 Å². The molecule has 0 amide bonds.